The van der Waals surface area contributed by atoms with Gasteiger partial charge in [-0.1, -0.05) is 29.3 Å². The molecule has 4 nitrogen and oxygen atoms in total. The van der Waals surface area contributed by atoms with Gasteiger partial charge in [0.2, 0.25) is 0 Å². The highest BCUT2D eigenvalue weighted by atomic mass is 35.5. The van der Waals surface area contributed by atoms with Crippen LogP contribution in [-0.4, -0.2) is 7.11 Å². The van der Waals surface area contributed by atoms with Crippen LogP contribution in [-0.2, 0) is 6.61 Å². The van der Waals surface area contributed by atoms with Crippen molar-refractivity contribution in [2.75, 3.05) is 12.8 Å². The zero-order valence-electron chi connectivity index (χ0n) is 11.2. The summed E-state index contributed by atoms with van der Waals surface area (Å²) < 4.78 is 10.7. The molecule has 0 heterocycles. The van der Waals surface area contributed by atoms with Gasteiger partial charge < -0.3 is 15.2 Å². The summed E-state index contributed by atoms with van der Waals surface area (Å²) in [4.78, 5) is 0. The number of nitrogen functional groups attached to an aromatic ring is 1. The monoisotopic (exact) mass is 322 g/mol. The average Bonchev–Trinajstić information content (AvgIpc) is 2.49. The fourth-order valence-electron chi connectivity index (χ4n) is 1.76. The van der Waals surface area contributed by atoms with E-state index < -0.39 is 0 Å². The second-order valence-electron chi connectivity index (χ2n) is 4.24. The Kier molecular flexibility index (Phi) is 4.79. The molecule has 0 aliphatic rings. The summed E-state index contributed by atoms with van der Waals surface area (Å²) in [6.07, 6.45) is 0. The molecule has 2 rings (SSSR count). The predicted octanol–water partition coefficient (Wildman–Crippen LogP) is 4.03. The highest BCUT2D eigenvalue weighted by molar-refractivity contribution is 6.42. The van der Waals surface area contributed by atoms with Crippen molar-refractivity contribution in [3.63, 3.8) is 0 Å². The molecule has 0 bridgehead atoms. The van der Waals surface area contributed by atoms with Crippen molar-refractivity contribution >= 4 is 28.9 Å². The molecule has 0 radical (unpaired) electrons. The van der Waals surface area contributed by atoms with Crippen LogP contribution in [0.5, 0.6) is 11.5 Å². The third-order valence-corrected chi connectivity index (χ3v) is 3.55. The van der Waals surface area contributed by atoms with Crippen molar-refractivity contribution < 1.29 is 9.47 Å². The Balaban J connectivity index is 2.17. The Morgan fingerprint density at radius 1 is 1.14 bits per heavy atom. The van der Waals surface area contributed by atoms with E-state index in [0.29, 0.717) is 32.8 Å². The van der Waals surface area contributed by atoms with Gasteiger partial charge in [0.25, 0.3) is 0 Å². The number of methoxy groups -OCH3 is 1. The van der Waals surface area contributed by atoms with E-state index in [-0.39, 0.29) is 6.61 Å². The normalized spacial score (nSPS) is 10.0. The summed E-state index contributed by atoms with van der Waals surface area (Å²) in [5, 5.41) is 9.79. The van der Waals surface area contributed by atoms with E-state index >= 15 is 0 Å². The van der Waals surface area contributed by atoms with Gasteiger partial charge in [0.15, 0.2) is 0 Å². The SMILES string of the molecule is COc1ccc(COc2cc(Cl)c(Cl)cc2N)cc1C#N. The van der Waals surface area contributed by atoms with Gasteiger partial charge in [-0.05, 0) is 23.8 Å². The molecule has 0 saturated heterocycles. The molecule has 0 aliphatic heterocycles. The average molecular weight is 323 g/mol. The first-order valence-electron chi connectivity index (χ1n) is 5.99. The van der Waals surface area contributed by atoms with Gasteiger partial charge >= 0.3 is 0 Å². The Bertz CT molecular complexity index is 712. The van der Waals surface area contributed by atoms with Crippen molar-refractivity contribution in [3.05, 3.63) is 51.5 Å². The fourth-order valence-corrected chi connectivity index (χ4v) is 2.09. The minimum Gasteiger partial charge on any atom is -0.495 e. The van der Waals surface area contributed by atoms with Crippen molar-refractivity contribution in [2.24, 2.45) is 0 Å². The van der Waals surface area contributed by atoms with Gasteiger partial charge in [-0.15, -0.1) is 0 Å². The van der Waals surface area contributed by atoms with E-state index in [1.54, 1.807) is 18.2 Å². The minimum absolute atomic E-state index is 0.251. The lowest BCUT2D eigenvalue weighted by Gasteiger charge is -2.11. The summed E-state index contributed by atoms with van der Waals surface area (Å²) in [5.41, 5.74) is 7.48. The number of ether oxygens (including phenoxy) is 2. The Morgan fingerprint density at radius 2 is 1.86 bits per heavy atom. The van der Waals surface area contributed by atoms with E-state index in [1.807, 2.05) is 6.07 Å². The van der Waals surface area contributed by atoms with E-state index in [0.717, 1.165) is 5.56 Å². The lowest BCUT2D eigenvalue weighted by Crippen LogP contribution is -2.00. The fraction of sp³-hybridized carbons (Fsp3) is 0.133. The molecule has 0 aliphatic carbocycles. The summed E-state index contributed by atoms with van der Waals surface area (Å²) in [7, 11) is 1.52. The number of hydrogen-bond donors (Lipinski definition) is 1. The number of hydrogen-bond acceptors (Lipinski definition) is 4. The highest BCUT2D eigenvalue weighted by Gasteiger charge is 2.08. The lowest BCUT2D eigenvalue weighted by molar-refractivity contribution is 0.307. The first kappa shape index (κ1) is 15.3. The summed E-state index contributed by atoms with van der Waals surface area (Å²) in [5.74, 6) is 0.967. The third-order valence-electron chi connectivity index (χ3n) is 2.83. The molecule has 108 valence electrons. The van der Waals surface area contributed by atoms with Crippen molar-refractivity contribution in [3.8, 4) is 17.6 Å². The smallest absolute Gasteiger partial charge is 0.144 e. The van der Waals surface area contributed by atoms with Crippen LogP contribution in [0, 0.1) is 11.3 Å². The molecule has 0 amide bonds. The molecule has 0 saturated carbocycles. The molecular weight excluding hydrogens is 311 g/mol. The molecule has 2 aromatic carbocycles. The largest absolute Gasteiger partial charge is 0.495 e. The molecule has 0 atom stereocenters. The van der Waals surface area contributed by atoms with Crippen LogP contribution in [0.15, 0.2) is 30.3 Å². The highest BCUT2D eigenvalue weighted by Crippen LogP contribution is 2.33. The zero-order valence-corrected chi connectivity index (χ0v) is 12.7. The molecule has 0 spiro atoms. The van der Waals surface area contributed by atoms with Crippen LogP contribution in [0.2, 0.25) is 10.0 Å². The van der Waals surface area contributed by atoms with E-state index in [9.17, 15) is 0 Å². The molecule has 6 heteroatoms. The van der Waals surface area contributed by atoms with Crippen LogP contribution >= 0.6 is 23.2 Å². The van der Waals surface area contributed by atoms with Gasteiger partial charge in [0.1, 0.15) is 24.2 Å². The first-order chi connectivity index (χ1) is 10.0. The Morgan fingerprint density at radius 3 is 2.52 bits per heavy atom. The number of anilines is 1. The van der Waals surface area contributed by atoms with Crippen LogP contribution in [0.1, 0.15) is 11.1 Å². The summed E-state index contributed by atoms with van der Waals surface area (Å²) in [6.45, 7) is 0.251. The second-order valence-corrected chi connectivity index (χ2v) is 5.05. The standard InChI is InChI=1S/C15H12Cl2N2O2/c1-20-14-3-2-9(4-10(14)7-18)8-21-15-6-12(17)11(16)5-13(15)19/h2-6H,8,19H2,1H3. The number of rotatable bonds is 4. The van der Waals surface area contributed by atoms with E-state index in [2.05, 4.69) is 6.07 Å². The van der Waals surface area contributed by atoms with E-state index in [1.165, 1.54) is 13.2 Å². The summed E-state index contributed by atoms with van der Waals surface area (Å²) >= 11 is 11.8. The maximum atomic E-state index is 9.05. The van der Waals surface area contributed by atoms with Gasteiger partial charge in [-0.2, -0.15) is 5.26 Å². The minimum atomic E-state index is 0.251. The molecule has 0 aromatic heterocycles. The quantitative estimate of drug-likeness (QED) is 0.862. The summed E-state index contributed by atoms with van der Waals surface area (Å²) in [6, 6.07) is 10.4. The van der Waals surface area contributed by atoms with Gasteiger partial charge in [0.05, 0.1) is 28.4 Å². The number of benzene rings is 2. The van der Waals surface area contributed by atoms with E-state index in [4.69, 9.17) is 43.7 Å². The number of halogens is 2. The van der Waals surface area contributed by atoms with Crippen molar-refractivity contribution in [1.29, 1.82) is 5.26 Å². The molecule has 21 heavy (non-hydrogen) atoms. The third kappa shape index (κ3) is 3.52. The molecular formula is C15H12Cl2N2O2. The lowest BCUT2D eigenvalue weighted by atomic mass is 10.1. The first-order valence-corrected chi connectivity index (χ1v) is 6.75. The van der Waals surface area contributed by atoms with Gasteiger partial charge in [-0.25, -0.2) is 0 Å². The second kappa shape index (κ2) is 6.57. The van der Waals surface area contributed by atoms with Crippen molar-refractivity contribution in [1.82, 2.24) is 0 Å². The molecule has 2 N–H and O–H groups in total. The van der Waals surface area contributed by atoms with Crippen LogP contribution < -0.4 is 15.2 Å². The predicted molar refractivity (Wildman–Crippen MR) is 82.9 cm³/mol. The van der Waals surface area contributed by atoms with Gasteiger partial charge in [-0.3, -0.25) is 0 Å². The van der Waals surface area contributed by atoms with Crippen LogP contribution in [0.3, 0.4) is 0 Å². The maximum absolute atomic E-state index is 9.05. The van der Waals surface area contributed by atoms with Crippen LogP contribution in [0.4, 0.5) is 5.69 Å². The molecule has 0 unspecified atom stereocenters. The molecule has 0 fully saturated rings. The zero-order chi connectivity index (χ0) is 15.4. The Hall–Kier alpha value is -2.09. The maximum Gasteiger partial charge on any atom is 0.144 e. The van der Waals surface area contributed by atoms with Crippen molar-refractivity contribution in [2.45, 2.75) is 6.61 Å². The number of nitriles is 1. The molecule has 2 aromatic rings. The topological polar surface area (TPSA) is 68.3 Å². The van der Waals surface area contributed by atoms with Gasteiger partial charge in [0, 0.05) is 6.07 Å². The Labute approximate surface area is 132 Å². The number of nitrogens with zero attached hydrogens (tertiary/aromatic N) is 1. The van der Waals surface area contributed by atoms with Crippen LogP contribution in [0.25, 0.3) is 0 Å². The number of nitrogens with two attached hydrogens (primary N) is 1.